The van der Waals surface area contributed by atoms with Crippen molar-refractivity contribution in [2.24, 2.45) is 5.92 Å². The van der Waals surface area contributed by atoms with Gasteiger partial charge < -0.3 is 15.0 Å². The average Bonchev–Trinajstić information content (AvgIpc) is 2.92. The molecule has 0 bridgehead atoms. The lowest BCUT2D eigenvalue weighted by molar-refractivity contribution is 0.199. The molecule has 1 atom stereocenters. The summed E-state index contributed by atoms with van der Waals surface area (Å²) in [4.78, 5) is 2.39. The molecule has 1 heterocycles. The van der Waals surface area contributed by atoms with Crippen LogP contribution in [0.2, 0.25) is 0 Å². The Hall–Kier alpha value is -1.13. The van der Waals surface area contributed by atoms with Crippen molar-refractivity contribution in [3.63, 3.8) is 0 Å². The van der Waals surface area contributed by atoms with Gasteiger partial charge >= 0.3 is 0 Å². The van der Waals surface area contributed by atoms with E-state index in [1.807, 2.05) is 6.07 Å². The molecule has 0 amide bonds. The minimum absolute atomic E-state index is 0.163. The smallest absolute Gasteiger partial charge is 0.123 e. The first-order chi connectivity index (χ1) is 9.74. The molecule has 0 aromatic heterocycles. The highest BCUT2D eigenvalue weighted by Crippen LogP contribution is 2.29. The minimum atomic E-state index is -0.163. The Balaban J connectivity index is 2.03. The number of ether oxygens (including phenoxy) is 1. The lowest BCUT2D eigenvalue weighted by atomic mass is 10.1. The summed E-state index contributed by atoms with van der Waals surface area (Å²) in [7, 11) is 1.68. The molecule has 1 aliphatic rings. The summed E-state index contributed by atoms with van der Waals surface area (Å²) in [5.74, 6) is 0.609. The number of halogens is 1. The third kappa shape index (κ3) is 3.93. The Labute approximate surface area is 121 Å². The number of rotatable bonds is 7. The van der Waals surface area contributed by atoms with Gasteiger partial charge in [0.05, 0.1) is 6.61 Å². The Morgan fingerprint density at radius 2 is 2.30 bits per heavy atom. The molecule has 1 aromatic rings. The van der Waals surface area contributed by atoms with Crippen molar-refractivity contribution in [1.82, 2.24) is 5.32 Å². The molecule has 1 unspecified atom stereocenters. The van der Waals surface area contributed by atoms with Gasteiger partial charge in [0.1, 0.15) is 5.82 Å². The number of nitrogens with one attached hydrogen (secondary N) is 1. The highest BCUT2D eigenvalue weighted by Gasteiger charge is 2.22. The lowest BCUT2D eigenvalue weighted by Gasteiger charge is -2.22. The van der Waals surface area contributed by atoms with Gasteiger partial charge in [0.15, 0.2) is 0 Å². The number of benzene rings is 1. The van der Waals surface area contributed by atoms with Crippen molar-refractivity contribution < 1.29 is 9.13 Å². The number of anilines is 1. The number of nitrogens with zero attached hydrogens (tertiary/aromatic N) is 1. The minimum Gasteiger partial charge on any atom is -0.383 e. The molecule has 0 radical (unpaired) electrons. The maximum absolute atomic E-state index is 13.5. The zero-order valence-corrected chi connectivity index (χ0v) is 12.5. The SMILES string of the molecule is CCC1CCN(c2ccc(F)cc2CNCCOC)C1. The van der Waals surface area contributed by atoms with Crippen molar-refractivity contribution >= 4 is 5.69 Å². The fraction of sp³-hybridized carbons (Fsp3) is 0.625. The van der Waals surface area contributed by atoms with Gasteiger partial charge in [0, 0.05) is 39.0 Å². The Bertz CT molecular complexity index is 425. The number of hydrogen-bond acceptors (Lipinski definition) is 3. The fourth-order valence-corrected chi connectivity index (χ4v) is 2.79. The van der Waals surface area contributed by atoms with Crippen molar-refractivity contribution in [3.8, 4) is 0 Å². The van der Waals surface area contributed by atoms with Crippen LogP contribution in [-0.2, 0) is 11.3 Å². The zero-order valence-electron chi connectivity index (χ0n) is 12.5. The highest BCUT2D eigenvalue weighted by atomic mass is 19.1. The normalized spacial score (nSPS) is 18.8. The van der Waals surface area contributed by atoms with E-state index in [0.717, 1.165) is 31.1 Å². The number of methoxy groups -OCH3 is 1. The fourth-order valence-electron chi connectivity index (χ4n) is 2.79. The molecule has 1 saturated heterocycles. The molecule has 3 nitrogen and oxygen atoms in total. The van der Waals surface area contributed by atoms with Gasteiger partial charge in [0.2, 0.25) is 0 Å². The molecule has 112 valence electrons. The third-order valence-electron chi connectivity index (χ3n) is 4.04. The van der Waals surface area contributed by atoms with Crippen molar-refractivity contribution in [1.29, 1.82) is 0 Å². The molecule has 0 spiro atoms. The molecular weight excluding hydrogens is 255 g/mol. The summed E-state index contributed by atoms with van der Waals surface area (Å²) >= 11 is 0. The van der Waals surface area contributed by atoms with Crippen LogP contribution in [0, 0.1) is 11.7 Å². The molecule has 0 aliphatic carbocycles. The van der Waals surface area contributed by atoms with E-state index >= 15 is 0 Å². The van der Waals surface area contributed by atoms with Gasteiger partial charge in [0.25, 0.3) is 0 Å². The summed E-state index contributed by atoms with van der Waals surface area (Å²) in [6, 6.07) is 5.13. The maximum atomic E-state index is 13.5. The van der Waals surface area contributed by atoms with E-state index in [-0.39, 0.29) is 5.82 Å². The highest BCUT2D eigenvalue weighted by molar-refractivity contribution is 5.54. The second-order valence-corrected chi connectivity index (χ2v) is 5.45. The molecule has 4 heteroatoms. The van der Waals surface area contributed by atoms with Crippen LogP contribution < -0.4 is 10.2 Å². The monoisotopic (exact) mass is 280 g/mol. The molecule has 1 aromatic carbocycles. The van der Waals surface area contributed by atoms with E-state index in [4.69, 9.17) is 4.74 Å². The summed E-state index contributed by atoms with van der Waals surface area (Å²) in [6.07, 6.45) is 2.46. The van der Waals surface area contributed by atoms with Crippen LogP contribution in [0.15, 0.2) is 18.2 Å². The van der Waals surface area contributed by atoms with Gasteiger partial charge in [-0.3, -0.25) is 0 Å². The van der Waals surface area contributed by atoms with Gasteiger partial charge in [-0.15, -0.1) is 0 Å². The van der Waals surface area contributed by atoms with Crippen molar-refractivity contribution in [2.45, 2.75) is 26.3 Å². The van der Waals surface area contributed by atoms with Crippen molar-refractivity contribution in [3.05, 3.63) is 29.6 Å². The van der Waals surface area contributed by atoms with Crippen LogP contribution in [0.25, 0.3) is 0 Å². The summed E-state index contributed by atoms with van der Waals surface area (Å²) in [6.45, 7) is 6.55. The van der Waals surface area contributed by atoms with Gasteiger partial charge in [-0.2, -0.15) is 0 Å². The second-order valence-electron chi connectivity index (χ2n) is 5.45. The Morgan fingerprint density at radius 3 is 3.00 bits per heavy atom. The quantitative estimate of drug-likeness (QED) is 0.777. The topological polar surface area (TPSA) is 24.5 Å². The predicted molar refractivity (Wildman–Crippen MR) is 80.6 cm³/mol. The van der Waals surface area contributed by atoms with E-state index in [0.29, 0.717) is 13.2 Å². The maximum Gasteiger partial charge on any atom is 0.123 e. The van der Waals surface area contributed by atoms with Gasteiger partial charge in [-0.1, -0.05) is 13.3 Å². The molecular formula is C16H25FN2O. The standard InChI is InChI=1S/C16H25FN2O/c1-3-13-6-8-19(12-13)16-5-4-15(17)10-14(16)11-18-7-9-20-2/h4-5,10,13,18H,3,6-9,11-12H2,1-2H3. The third-order valence-corrected chi connectivity index (χ3v) is 4.04. The van der Waals surface area contributed by atoms with Gasteiger partial charge in [-0.05, 0) is 36.1 Å². The molecule has 0 saturated carbocycles. The van der Waals surface area contributed by atoms with Crippen LogP contribution >= 0.6 is 0 Å². The Morgan fingerprint density at radius 1 is 1.45 bits per heavy atom. The van der Waals surface area contributed by atoms with Crippen LogP contribution in [0.5, 0.6) is 0 Å². The summed E-state index contributed by atoms with van der Waals surface area (Å²) in [5, 5.41) is 3.30. The van der Waals surface area contributed by atoms with Gasteiger partial charge in [-0.25, -0.2) is 4.39 Å². The first-order valence-electron chi connectivity index (χ1n) is 7.47. The first-order valence-corrected chi connectivity index (χ1v) is 7.47. The van der Waals surface area contributed by atoms with E-state index in [1.54, 1.807) is 19.2 Å². The predicted octanol–water partition coefficient (Wildman–Crippen LogP) is 2.80. The average molecular weight is 280 g/mol. The molecule has 1 aliphatic heterocycles. The largest absolute Gasteiger partial charge is 0.383 e. The first kappa shape index (κ1) is 15.3. The van der Waals surface area contributed by atoms with Crippen LogP contribution in [0.1, 0.15) is 25.3 Å². The van der Waals surface area contributed by atoms with Crippen LogP contribution in [0.3, 0.4) is 0 Å². The number of hydrogen-bond donors (Lipinski definition) is 1. The lowest BCUT2D eigenvalue weighted by Crippen LogP contribution is -2.24. The van der Waals surface area contributed by atoms with E-state index in [2.05, 4.69) is 17.1 Å². The second kappa shape index (κ2) is 7.60. The molecule has 20 heavy (non-hydrogen) atoms. The van der Waals surface area contributed by atoms with Crippen LogP contribution in [0.4, 0.5) is 10.1 Å². The Kier molecular flexibility index (Phi) is 5.80. The molecule has 1 N–H and O–H groups in total. The summed E-state index contributed by atoms with van der Waals surface area (Å²) in [5.41, 5.74) is 2.21. The van der Waals surface area contributed by atoms with E-state index in [9.17, 15) is 4.39 Å². The van der Waals surface area contributed by atoms with Crippen molar-refractivity contribution in [2.75, 3.05) is 38.3 Å². The zero-order chi connectivity index (χ0) is 14.4. The van der Waals surface area contributed by atoms with Crippen LogP contribution in [-0.4, -0.2) is 33.4 Å². The van der Waals surface area contributed by atoms with E-state index in [1.165, 1.54) is 18.5 Å². The van der Waals surface area contributed by atoms with E-state index < -0.39 is 0 Å². The molecule has 2 rings (SSSR count). The molecule has 1 fully saturated rings. The summed E-state index contributed by atoms with van der Waals surface area (Å²) < 4.78 is 18.5.